The molecule has 0 saturated heterocycles. The van der Waals surface area contributed by atoms with Gasteiger partial charge in [-0.1, -0.05) is 132 Å². The minimum atomic E-state index is -0.755. The average molecular weight is 664 g/mol. The molecule has 0 spiro atoms. The lowest BCUT2D eigenvalue weighted by Gasteiger charge is -2.28. The average Bonchev–Trinajstić information content (AvgIpc) is 2.98. The Balaban J connectivity index is 4.86. The van der Waals surface area contributed by atoms with Gasteiger partial charge in [-0.3, -0.25) is 24.0 Å². The number of hydrogen-bond donors (Lipinski definition) is 3. The monoisotopic (exact) mass is 664 g/mol. The Labute approximate surface area is 288 Å². The molecule has 0 rings (SSSR count). The highest BCUT2D eigenvalue weighted by atomic mass is 16.2. The second kappa shape index (κ2) is 25.7. The minimum absolute atomic E-state index is 0.0163. The summed E-state index contributed by atoms with van der Waals surface area (Å²) in [5.74, 6) is -2.62. The second-order valence-electron chi connectivity index (χ2n) is 15.3. The SMILES string of the molecule is CCCCCCCCCCCCCCCC(=O)N[C@H](C(=O)C[C@@H](C(=O)N[C@H](C(=O)C[C@H](C)C(=O)NC(C)C)C(C)C)C(C)C)C(C)C. The van der Waals surface area contributed by atoms with Gasteiger partial charge in [-0.2, -0.15) is 0 Å². The molecule has 0 fully saturated rings. The number of carbonyl (C=O) groups is 5. The number of carbonyl (C=O) groups excluding carboxylic acids is 5. The Kier molecular flexibility index (Phi) is 24.5. The molecule has 0 aliphatic carbocycles. The third kappa shape index (κ3) is 20.7. The Bertz CT molecular complexity index is 914. The highest BCUT2D eigenvalue weighted by Gasteiger charge is 2.34. The number of amides is 3. The van der Waals surface area contributed by atoms with Crippen molar-refractivity contribution >= 4 is 29.3 Å². The minimum Gasteiger partial charge on any atom is -0.354 e. The summed E-state index contributed by atoms with van der Waals surface area (Å²) in [4.78, 5) is 65.3. The fourth-order valence-electron chi connectivity index (χ4n) is 5.97. The van der Waals surface area contributed by atoms with E-state index in [1.54, 1.807) is 6.92 Å². The fourth-order valence-corrected chi connectivity index (χ4v) is 5.97. The Hall–Kier alpha value is -2.25. The summed E-state index contributed by atoms with van der Waals surface area (Å²) in [7, 11) is 0. The van der Waals surface area contributed by atoms with Crippen LogP contribution in [0.1, 0.15) is 172 Å². The van der Waals surface area contributed by atoms with E-state index in [4.69, 9.17) is 0 Å². The molecule has 0 unspecified atom stereocenters. The third-order valence-electron chi connectivity index (χ3n) is 9.10. The van der Waals surface area contributed by atoms with Gasteiger partial charge in [-0.15, -0.1) is 0 Å². The van der Waals surface area contributed by atoms with E-state index in [1.807, 2.05) is 55.4 Å². The highest BCUT2D eigenvalue weighted by molar-refractivity contribution is 5.95. The zero-order chi connectivity index (χ0) is 35.9. The molecule has 47 heavy (non-hydrogen) atoms. The normalized spacial score (nSPS) is 14.3. The molecule has 0 aromatic carbocycles. The van der Waals surface area contributed by atoms with E-state index in [0.717, 1.165) is 19.3 Å². The van der Waals surface area contributed by atoms with Crippen LogP contribution in [0.5, 0.6) is 0 Å². The van der Waals surface area contributed by atoms with E-state index in [0.29, 0.717) is 6.42 Å². The first-order valence-corrected chi connectivity index (χ1v) is 19.1. The van der Waals surface area contributed by atoms with Crippen molar-refractivity contribution in [1.82, 2.24) is 16.0 Å². The lowest BCUT2D eigenvalue weighted by molar-refractivity contribution is -0.136. The number of unbranched alkanes of at least 4 members (excludes halogenated alkanes) is 12. The first-order chi connectivity index (χ1) is 22.1. The van der Waals surface area contributed by atoms with Crippen molar-refractivity contribution in [2.75, 3.05) is 0 Å². The second-order valence-corrected chi connectivity index (χ2v) is 15.3. The summed E-state index contributed by atoms with van der Waals surface area (Å²) >= 11 is 0. The predicted octanol–water partition coefficient (Wildman–Crippen LogP) is 8.10. The van der Waals surface area contributed by atoms with Crippen LogP contribution >= 0.6 is 0 Å². The number of nitrogens with one attached hydrogen (secondary N) is 3. The zero-order valence-corrected chi connectivity index (χ0v) is 32.0. The molecular weight excluding hydrogens is 590 g/mol. The molecule has 0 aliphatic heterocycles. The summed E-state index contributed by atoms with van der Waals surface area (Å²) in [5.41, 5.74) is 0. The Morgan fingerprint density at radius 2 is 0.894 bits per heavy atom. The van der Waals surface area contributed by atoms with Gasteiger partial charge in [0.25, 0.3) is 0 Å². The first-order valence-electron chi connectivity index (χ1n) is 19.1. The van der Waals surface area contributed by atoms with E-state index < -0.39 is 23.9 Å². The Morgan fingerprint density at radius 1 is 0.468 bits per heavy atom. The van der Waals surface area contributed by atoms with Gasteiger partial charge in [-0.05, 0) is 38.0 Å². The van der Waals surface area contributed by atoms with E-state index >= 15 is 0 Å². The van der Waals surface area contributed by atoms with Crippen molar-refractivity contribution in [2.24, 2.45) is 29.6 Å². The van der Waals surface area contributed by atoms with Gasteiger partial charge in [-0.25, -0.2) is 0 Å². The molecule has 3 N–H and O–H groups in total. The first kappa shape index (κ1) is 44.8. The van der Waals surface area contributed by atoms with Crippen molar-refractivity contribution in [2.45, 2.75) is 190 Å². The molecule has 0 radical (unpaired) electrons. The van der Waals surface area contributed by atoms with Crippen molar-refractivity contribution in [3.05, 3.63) is 0 Å². The van der Waals surface area contributed by atoms with Crippen LogP contribution in [0.2, 0.25) is 0 Å². The van der Waals surface area contributed by atoms with Crippen LogP contribution in [0.25, 0.3) is 0 Å². The van der Waals surface area contributed by atoms with Gasteiger partial charge in [0.05, 0.1) is 12.1 Å². The zero-order valence-electron chi connectivity index (χ0n) is 32.0. The fraction of sp³-hybridized carbons (Fsp3) is 0.872. The summed E-state index contributed by atoms with van der Waals surface area (Å²) in [6, 6.07) is -1.45. The summed E-state index contributed by atoms with van der Waals surface area (Å²) < 4.78 is 0. The van der Waals surface area contributed by atoms with Gasteiger partial charge < -0.3 is 16.0 Å². The third-order valence-corrected chi connectivity index (χ3v) is 9.10. The maximum atomic E-state index is 13.5. The molecule has 8 nitrogen and oxygen atoms in total. The number of ketones is 2. The van der Waals surface area contributed by atoms with Crippen LogP contribution in [0.3, 0.4) is 0 Å². The van der Waals surface area contributed by atoms with E-state index in [9.17, 15) is 24.0 Å². The molecule has 0 saturated carbocycles. The molecular formula is C39H73N3O5. The maximum Gasteiger partial charge on any atom is 0.224 e. The number of hydrogen-bond acceptors (Lipinski definition) is 5. The topological polar surface area (TPSA) is 121 Å². The molecule has 0 aromatic rings. The van der Waals surface area contributed by atoms with E-state index in [-0.39, 0.29) is 65.9 Å². The molecule has 4 atom stereocenters. The maximum absolute atomic E-state index is 13.5. The summed E-state index contributed by atoms with van der Waals surface area (Å²) in [5, 5.41) is 8.69. The molecule has 0 aromatic heterocycles. The molecule has 0 aliphatic rings. The number of rotatable bonds is 28. The van der Waals surface area contributed by atoms with Crippen molar-refractivity contribution in [1.29, 1.82) is 0 Å². The lowest BCUT2D eigenvalue weighted by Crippen LogP contribution is -2.50. The standard InChI is InChI=1S/C39H73N3O5/c1-11-12-13-14-15-16-17-18-19-20-21-22-23-24-35(45)41-36(28(4)5)34(44)26-32(27(2)3)39(47)42-37(29(6)7)33(43)25-31(10)38(46)40-30(8)9/h27-32,36-37H,11-26H2,1-10H3,(H,40,46)(H,41,45)(H,42,47)/t31-,32+,36-,37-/m0/s1. The Morgan fingerprint density at radius 3 is 1.32 bits per heavy atom. The quantitative estimate of drug-likeness (QED) is 0.0731. The van der Waals surface area contributed by atoms with Crippen LogP contribution in [0.4, 0.5) is 0 Å². The van der Waals surface area contributed by atoms with Crippen LogP contribution in [0, 0.1) is 29.6 Å². The van der Waals surface area contributed by atoms with E-state index in [1.165, 1.54) is 64.2 Å². The van der Waals surface area contributed by atoms with E-state index in [2.05, 4.69) is 22.9 Å². The van der Waals surface area contributed by atoms with Crippen LogP contribution in [-0.4, -0.2) is 47.4 Å². The van der Waals surface area contributed by atoms with Gasteiger partial charge in [0.2, 0.25) is 17.7 Å². The molecule has 3 amide bonds. The van der Waals surface area contributed by atoms with Crippen LogP contribution in [0.15, 0.2) is 0 Å². The highest BCUT2D eigenvalue weighted by Crippen LogP contribution is 2.21. The summed E-state index contributed by atoms with van der Waals surface area (Å²) in [6.45, 7) is 19.0. The van der Waals surface area contributed by atoms with Crippen molar-refractivity contribution in [3.8, 4) is 0 Å². The van der Waals surface area contributed by atoms with Crippen LogP contribution < -0.4 is 16.0 Å². The largest absolute Gasteiger partial charge is 0.354 e. The smallest absolute Gasteiger partial charge is 0.224 e. The molecule has 274 valence electrons. The van der Waals surface area contributed by atoms with Gasteiger partial charge in [0, 0.05) is 37.1 Å². The van der Waals surface area contributed by atoms with Gasteiger partial charge >= 0.3 is 0 Å². The van der Waals surface area contributed by atoms with Gasteiger partial charge in [0.1, 0.15) is 0 Å². The van der Waals surface area contributed by atoms with Crippen molar-refractivity contribution < 1.29 is 24.0 Å². The lowest BCUT2D eigenvalue weighted by atomic mass is 9.85. The molecule has 0 heterocycles. The van der Waals surface area contributed by atoms with Gasteiger partial charge in [0.15, 0.2) is 11.6 Å². The summed E-state index contributed by atoms with van der Waals surface area (Å²) in [6.07, 6.45) is 16.5. The van der Waals surface area contributed by atoms with Crippen molar-refractivity contribution in [3.63, 3.8) is 0 Å². The predicted molar refractivity (Wildman–Crippen MR) is 194 cm³/mol. The number of Topliss-reactive ketones (excluding diaryl/α,β-unsaturated/α-hetero) is 2. The van der Waals surface area contributed by atoms with Crippen LogP contribution in [-0.2, 0) is 24.0 Å². The molecule has 8 heteroatoms. The molecule has 0 bridgehead atoms.